The maximum Gasteiger partial charge on any atom is 0.0551 e. The zero-order valence-electron chi connectivity index (χ0n) is 6.56. The summed E-state index contributed by atoms with van der Waals surface area (Å²) in [5, 5.41) is 0.711. The van der Waals surface area contributed by atoms with E-state index in [2.05, 4.69) is 29.4 Å². The summed E-state index contributed by atoms with van der Waals surface area (Å²) >= 11 is 9.31. The predicted molar refractivity (Wildman–Crippen MR) is 57.4 cm³/mol. The van der Waals surface area contributed by atoms with Crippen molar-refractivity contribution in [3.8, 4) is 0 Å². The average Bonchev–Trinajstić information content (AvgIpc) is 2.08. The molecule has 12 heavy (non-hydrogen) atoms. The monoisotopic (exact) mass is 243 g/mol. The Labute approximate surface area is 86.4 Å². The van der Waals surface area contributed by atoms with Gasteiger partial charge in [-0.3, -0.25) is 0 Å². The summed E-state index contributed by atoms with van der Waals surface area (Å²) in [6.07, 6.45) is 1.79. The maximum atomic E-state index is 5.91. The van der Waals surface area contributed by atoms with Crippen LogP contribution in [0.5, 0.6) is 0 Å². The number of hydrogen-bond acceptors (Lipinski definition) is 0. The molecule has 0 N–H and O–H groups in total. The van der Waals surface area contributed by atoms with Gasteiger partial charge >= 0.3 is 0 Å². The second kappa shape index (κ2) is 4.11. The molecule has 0 saturated carbocycles. The van der Waals surface area contributed by atoms with Crippen molar-refractivity contribution < 1.29 is 0 Å². The number of hydrogen-bond donors (Lipinski definition) is 0. The standard InChI is InChI=1S/C10H9BrCl/c1-3-7(2)8-5-4-6-9(12)10(8)11/h3-7H,1-2H2. The lowest BCUT2D eigenvalue weighted by Crippen LogP contribution is -1.90. The number of allylic oxidation sites excluding steroid dienone is 1. The Bertz CT molecular complexity index is 294. The number of benzene rings is 1. The van der Waals surface area contributed by atoms with Gasteiger partial charge in [0.05, 0.1) is 5.02 Å². The molecule has 0 heterocycles. The first-order valence-electron chi connectivity index (χ1n) is 3.56. The molecule has 1 atom stereocenters. The lowest BCUT2D eigenvalue weighted by molar-refractivity contribution is 1.07. The van der Waals surface area contributed by atoms with E-state index in [0.29, 0.717) is 5.02 Å². The van der Waals surface area contributed by atoms with E-state index < -0.39 is 0 Å². The van der Waals surface area contributed by atoms with Crippen LogP contribution in [-0.4, -0.2) is 0 Å². The third-order valence-electron chi connectivity index (χ3n) is 1.67. The van der Waals surface area contributed by atoms with Crippen LogP contribution in [0.25, 0.3) is 0 Å². The molecule has 1 aromatic rings. The quantitative estimate of drug-likeness (QED) is 0.684. The van der Waals surface area contributed by atoms with Gasteiger partial charge in [-0.1, -0.05) is 29.8 Å². The molecule has 0 aliphatic heterocycles. The fourth-order valence-electron chi connectivity index (χ4n) is 0.934. The minimum atomic E-state index is 0.0816. The van der Waals surface area contributed by atoms with Gasteiger partial charge in [0.25, 0.3) is 0 Å². The van der Waals surface area contributed by atoms with E-state index in [1.807, 2.05) is 18.2 Å². The molecule has 0 aliphatic rings. The van der Waals surface area contributed by atoms with Crippen molar-refractivity contribution >= 4 is 27.5 Å². The Kier molecular flexibility index (Phi) is 3.36. The van der Waals surface area contributed by atoms with Gasteiger partial charge in [-0.05, 0) is 34.5 Å². The van der Waals surface area contributed by atoms with E-state index in [1.54, 1.807) is 6.08 Å². The van der Waals surface area contributed by atoms with Crippen LogP contribution in [0.15, 0.2) is 35.3 Å². The largest absolute Gasteiger partial charge is 0.102 e. The van der Waals surface area contributed by atoms with Gasteiger partial charge in [0, 0.05) is 10.4 Å². The third kappa shape index (κ3) is 1.90. The summed E-state index contributed by atoms with van der Waals surface area (Å²) in [5.41, 5.74) is 1.07. The summed E-state index contributed by atoms with van der Waals surface area (Å²) in [4.78, 5) is 0. The van der Waals surface area contributed by atoms with Crippen molar-refractivity contribution in [3.63, 3.8) is 0 Å². The maximum absolute atomic E-state index is 5.91. The Morgan fingerprint density at radius 2 is 2.17 bits per heavy atom. The van der Waals surface area contributed by atoms with Gasteiger partial charge in [-0.2, -0.15) is 0 Å². The van der Waals surface area contributed by atoms with Crippen molar-refractivity contribution in [1.29, 1.82) is 0 Å². The first-order chi connectivity index (χ1) is 5.66. The first kappa shape index (κ1) is 9.82. The van der Waals surface area contributed by atoms with Crippen LogP contribution < -0.4 is 0 Å². The summed E-state index contributed by atoms with van der Waals surface area (Å²) < 4.78 is 0.909. The molecule has 1 unspecified atom stereocenters. The van der Waals surface area contributed by atoms with Crippen molar-refractivity contribution in [3.05, 3.63) is 52.8 Å². The topological polar surface area (TPSA) is 0 Å². The second-order valence-corrected chi connectivity index (χ2v) is 3.69. The van der Waals surface area contributed by atoms with E-state index in [4.69, 9.17) is 11.6 Å². The smallest absolute Gasteiger partial charge is 0.0551 e. The molecule has 0 nitrogen and oxygen atoms in total. The number of halogens is 2. The highest BCUT2D eigenvalue weighted by atomic mass is 79.9. The normalized spacial score (nSPS) is 12.6. The Morgan fingerprint density at radius 1 is 1.50 bits per heavy atom. The fourth-order valence-corrected chi connectivity index (χ4v) is 1.67. The van der Waals surface area contributed by atoms with Crippen molar-refractivity contribution in [1.82, 2.24) is 0 Å². The van der Waals surface area contributed by atoms with Crippen molar-refractivity contribution in [2.24, 2.45) is 0 Å². The van der Waals surface area contributed by atoms with Crippen LogP contribution >= 0.6 is 27.5 Å². The van der Waals surface area contributed by atoms with Crippen LogP contribution in [0.4, 0.5) is 0 Å². The van der Waals surface area contributed by atoms with Crippen molar-refractivity contribution in [2.45, 2.75) is 5.92 Å². The predicted octanol–water partition coefficient (Wildman–Crippen LogP) is 4.21. The molecule has 0 amide bonds. The second-order valence-electron chi connectivity index (χ2n) is 2.49. The molecule has 0 saturated heterocycles. The zero-order valence-corrected chi connectivity index (χ0v) is 8.90. The van der Waals surface area contributed by atoms with Crippen LogP contribution in [0.3, 0.4) is 0 Å². The molecule has 1 aromatic carbocycles. The summed E-state index contributed by atoms with van der Waals surface area (Å²) in [5.74, 6) is 0.0816. The molecular weight excluding hydrogens is 235 g/mol. The van der Waals surface area contributed by atoms with Gasteiger partial charge in [0.15, 0.2) is 0 Å². The Morgan fingerprint density at radius 3 is 2.75 bits per heavy atom. The molecule has 0 bridgehead atoms. The minimum absolute atomic E-state index is 0.0816. The average molecular weight is 245 g/mol. The SMILES string of the molecule is [CH2]C(C=C)c1cccc(Cl)c1Br. The summed E-state index contributed by atoms with van der Waals surface area (Å²) in [6, 6.07) is 5.73. The minimum Gasteiger partial charge on any atom is -0.102 e. The molecule has 0 spiro atoms. The first-order valence-corrected chi connectivity index (χ1v) is 4.73. The van der Waals surface area contributed by atoms with E-state index in [0.717, 1.165) is 10.0 Å². The summed E-state index contributed by atoms with van der Waals surface area (Å²) in [7, 11) is 0. The Balaban J connectivity index is 3.15. The van der Waals surface area contributed by atoms with E-state index in [-0.39, 0.29) is 5.92 Å². The molecule has 1 rings (SSSR count). The molecule has 63 valence electrons. The molecule has 0 fully saturated rings. The van der Waals surface area contributed by atoms with Gasteiger partial charge < -0.3 is 0 Å². The van der Waals surface area contributed by atoms with Crippen LogP contribution in [-0.2, 0) is 0 Å². The number of rotatable bonds is 2. The highest BCUT2D eigenvalue weighted by molar-refractivity contribution is 9.10. The van der Waals surface area contributed by atoms with Crippen LogP contribution in [0, 0.1) is 6.92 Å². The highest BCUT2D eigenvalue weighted by Gasteiger charge is 2.07. The molecule has 0 aliphatic carbocycles. The van der Waals surface area contributed by atoms with E-state index in [9.17, 15) is 0 Å². The lowest BCUT2D eigenvalue weighted by Gasteiger charge is -2.09. The van der Waals surface area contributed by atoms with Crippen LogP contribution in [0.1, 0.15) is 11.5 Å². The van der Waals surface area contributed by atoms with Gasteiger partial charge in [-0.15, -0.1) is 6.58 Å². The van der Waals surface area contributed by atoms with Crippen LogP contribution in [0.2, 0.25) is 5.02 Å². The van der Waals surface area contributed by atoms with Gasteiger partial charge in [-0.25, -0.2) is 0 Å². The van der Waals surface area contributed by atoms with Gasteiger partial charge in [0.1, 0.15) is 0 Å². The van der Waals surface area contributed by atoms with E-state index in [1.165, 1.54) is 0 Å². The third-order valence-corrected chi connectivity index (χ3v) is 3.09. The zero-order chi connectivity index (χ0) is 9.14. The lowest BCUT2D eigenvalue weighted by atomic mass is 10.0. The summed E-state index contributed by atoms with van der Waals surface area (Å²) in [6.45, 7) is 7.60. The molecular formula is C10H9BrCl. The fraction of sp³-hybridized carbons (Fsp3) is 0.100. The highest BCUT2D eigenvalue weighted by Crippen LogP contribution is 2.31. The van der Waals surface area contributed by atoms with E-state index >= 15 is 0 Å². The molecule has 0 aromatic heterocycles. The Hall–Kier alpha value is -0.270. The van der Waals surface area contributed by atoms with Crippen molar-refractivity contribution in [2.75, 3.05) is 0 Å². The van der Waals surface area contributed by atoms with Gasteiger partial charge in [0.2, 0.25) is 0 Å². The molecule has 1 radical (unpaired) electrons. The molecule has 2 heteroatoms.